The number of anilines is 1. The van der Waals surface area contributed by atoms with Gasteiger partial charge in [-0.15, -0.1) is 5.10 Å². The van der Waals surface area contributed by atoms with Crippen molar-refractivity contribution in [3.8, 4) is 0 Å². The molecule has 4 N–H and O–H groups in total. The lowest BCUT2D eigenvalue weighted by Crippen LogP contribution is -2.31. The van der Waals surface area contributed by atoms with Crippen molar-refractivity contribution in [2.75, 3.05) is 12.3 Å². The van der Waals surface area contributed by atoms with Gasteiger partial charge in [0.25, 0.3) is 5.56 Å². The Morgan fingerprint density at radius 3 is 2.84 bits per heavy atom. The van der Waals surface area contributed by atoms with Crippen LogP contribution in [0, 0.1) is 12.8 Å². The second-order valence-corrected chi connectivity index (χ2v) is 5.30. The summed E-state index contributed by atoms with van der Waals surface area (Å²) in [6.45, 7) is 0.967. The molecule has 2 radical (unpaired) electrons. The Morgan fingerprint density at radius 1 is 1.40 bits per heavy atom. The number of carbonyl (C=O) groups is 2. The summed E-state index contributed by atoms with van der Waals surface area (Å²) in [5.74, 6) is -1.17. The van der Waals surface area contributed by atoms with Gasteiger partial charge in [0.2, 0.25) is 5.91 Å². The molecule has 0 bridgehead atoms. The van der Waals surface area contributed by atoms with Crippen LogP contribution in [0.1, 0.15) is 13.2 Å². The lowest BCUT2D eigenvalue weighted by molar-refractivity contribution is -0.145. The summed E-state index contributed by atoms with van der Waals surface area (Å²) >= 11 is 0. The van der Waals surface area contributed by atoms with E-state index in [2.05, 4.69) is 15.4 Å². The molecular formula is C13H15N7O5. The number of hydrogen-bond donors (Lipinski definition) is 2. The molecule has 0 spiro atoms. The lowest BCUT2D eigenvalue weighted by Gasteiger charge is -2.14. The number of amides is 1. The highest BCUT2D eigenvalue weighted by Gasteiger charge is 2.31. The van der Waals surface area contributed by atoms with Gasteiger partial charge in [-0.3, -0.25) is 14.4 Å². The van der Waals surface area contributed by atoms with Crippen molar-refractivity contribution in [3.63, 3.8) is 0 Å². The van der Waals surface area contributed by atoms with E-state index in [-0.39, 0.29) is 30.0 Å². The monoisotopic (exact) mass is 349 g/mol. The summed E-state index contributed by atoms with van der Waals surface area (Å²) in [5, 5.41) is 11.5. The molecule has 0 aromatic carbocycles. The molecule has 2 aromatic heterocycles. The molecule has 132 valence electrons. The molecule has 1 fully saturated rings. The van der Waals surface area contributed by atoms with E-state index in [1.165, 1.54) is 6.92 Å². The predicted octanol–water partition coefficient (Wildman–Crippen LogP) is -2.08. The SMILES string of the molecule is CC(=O)OCC1[CH][CH]C(n2nnc3c(N)nn(CC(N)=O)c3c2=O)O1. The minimum absolute atomic E-state index is 0.00765. The van der Waals surface area contributed by atoms with Gasteiger partial charge in [0, 0.05) is 19.8 Å². The van der Waals surface area contributed by atoms with Crippen LogP contribution in [-0.2, 0) is 25.6 Å². The fraction of sp³-hybridized carbons (Fsp3) is 0.385. The molecule has 1 saturated heterocycles. The number of aromatic nitrogens is 5. The average molecular weight is 349 g/mol. The van der Waals surface area contributed by atoms with Crippen molar-refractivity contribution in [2.24, 2.45) is 5.73 Å². The first-order chi connectivity index (χ1) is 11.9. The van der Waals surface area contributed by atoms with E-state index < -0.39 is 29.8 Å². The zero-order valence-corrected chi connectivity index (χ0v) is 13.2. The molecule has 2 unspecified atom stereocenters. The van der Waals surface area contributed by atoms with Gasteiger partial charge in [0.15, 0.2) is 23.1 Å². The van der Waals surface area contributed by atoms with Crippen LogP contribution in [0.3, 0.4) is 0 Å². The normalized spacial score (nSPS) is 20.0. The Hall–Kier alpha value is -3.02. The zero-order chi connectivity index (χ0) is 18.1. The van der Waals surface area contributed by atoms with Gasteiger partial charge in [-0.2, -0.15) is 9.78 Å². The predicted molar refractivity (Wildman–Crippen MR) is 82.3 cm³/mol. The maximum atomic E-state index is 12.7. The lowest BCUT2D eigenvalue weighted by atomic mass is 10.2. The molecule has 0 aliphatic carbocycles. The first-order valence-electron chi connectivity index (χ1n) is 7.23. The average Bonchev–Trinajstić information content (AvgIpc) is 3.11. The smallest absolute Gasteiger partial charge is 0.302 e. The first kappa shape index (κ1) is 16.8. The number of rotatable bonds is 5. The summed E-state index contributed by atoms with van der Waals surface area (Å²) in [7, 11) is 0. The molecule has 1 amide bonds. The third kappa shape index (κ3) is 3.28. The Bertz CT molecular complexity index is 889. The van der Waals surface area contributed by atoms with E-state index in [1.54, 1.807) is 12.8 Å². The molecule has 2 atom stereocenters. The topological polar surface area (TPSA) is 170 Å². The fourth-order valence-corrected chi connectivity index (χ4v) is 2.37. The van der Waals surface area contributed by atoms with Crippen LogP contribution < -0.4 is 17.0 Å². The molecule has 12 nitrogen and oxygen atoms in total. The molecule has 3 heterocycles. The van der Waals surface area contributed by atoms with Gasteiger partial charge in [0.1, 0.15) is 13.2 Å². The summed E-state index contributed by atoms with van der Waals surface area (Å²) in [5.41, 5.74) is 10.3. The molecule has 1 aliphatic heterocycles. The van der Waals surface area contributed by atoms with E-state index in [0.717, 1.165) is 9.36 Å². The number of nitrogens with two attached hydrogens (primary N) is 2. The molecule has 0 saturated carbocycles. The van der Waals surface area contributed by atoms with Crippen LogP contribution in [0.25, 0.3) is 11.0 Å². The number of hydrogen-bond acceptors (Lipinski definition) is 9. The third-order valence-electron chi connectivity index (χ3n) is 3.41. The maximum Gasteiger partial charge on any atom is 0.302 e. The zero-order valence-electron chi connectivity index (χ0n) is 13.2. The fourth-order valence-electron chi connectivity index (χ4n) is 2.37. The molecule has 12 heteroatoms. The number of ether oxygens (including phenoxy) is 2. The van der Waals surface area contributed by atoms with Gasteiger partial charge in [-0.25, -0.2) is 4.68 Å². The maximum absolute atomic E-state index is 12.7. The van der Waals surface area contributed by atoms with Crippen molar-refractivity contribution in [3.05, 3.63) is 23.2 Å². The van der Waals surface area contributed by atoms with Gasteiger partial charge >= 0.3 is 5.97 Å². The van der Waals surface area contributed by atoms with E-state index in [4.69, 9.17) is 20.9 Å². The molecule has 1 aliphatic rings. The number of nitrogens with zero attached hydrogens (tertiary/aromatic N) is 5. The van der Waals surface area contributed by atoms with E-state index >= 15 is 0 Å². The minimum Gasteiger partial charge on any atom is -0.463 e. The van der Waals surface area contributed by atoms with Gasteiger partial charge in [-0.05, 0) is 0 Å². The Kier molecular flexibility index (Phi) is 4.35. The van der Waals surface area contributed by atoms with Crippen LogP contribution >= 0.6 is 0 Å². The van der Waals surface area contributed by atoms with Gasteiger partial charge in [0.05, 0.1) is 6.10 Å². The minimum atomic E-state index is -0.844. The molecule has 2 aromatic rings. The number of nitrogen functional groups attached to an aromatic ring is 1. The van der Waals surface area contributed by atoms with Gasteiger partial charge < -0.3 is 20.9 Å². The van der Waals surface area contributed by atoms with Crippen LogP contribution in [0.4, 0.5) is 5.82 Å². The van der Waals surface area contributed by atoms with Crippen molar-refractivity contribution in [2.45, 2.75) is 25.8 Å². The Labute approximate surface area is 140 Å². The first-order valence-corrected chi connectivity index (χ1v) is 7.23. The van der Waals surface area contributed by atoms with Crippen LogP contribution in [0.15, 0.2) is 4.79 Å². The summed E-state index contributed by atoms with van der Waals surface area (Å²) in [4.78, 5) is 34.7. The Balaban J connectivity index is 1.90. The number of fused-ring (bicyclic) bond motifs is 1. The van der Waals surface area contributed by atoms with E-state index in [0.29, 0.717) is 0 Å². The number of esters is 1. The second kappa shape index (κ2) is 6.47. The third-order valence-corrected chi connectivity index (χ3v) is 3.41. The second-order valence-electron chi connectivity index (χ2n) is 5.30. The van der Waals surface area contributed by atoms with Crippen molar-refractivity contribution in [1.82, 2.24) is 24.8 Å². The quantitative estimate of drug-likeness (QED) is 0.575. The highest BCUT2D eigenvalue weighted by molar-refractivity contribution is 5.85. The van der Waals surface area contributed by atoms with E-state index in [9.17, 15) is 14.4 Å². The summed E-state index contributed by atoms with van der Waals surface area (Å²) in [6, 6.07) is 0. The molecule has 3 rings (SSSR count). The molecule has 25 heavy (non-hydrogen) atoms. The summed E-state index contributed by atoms with van der Waals surface area (Å²) < 4.78 is 12.5. The van der Waals surface area contributed by atoms with Crippen molar-refractivity contribution in [1.29, 1.82) is 0 Å². The largest absolute Gasteiger partial charge is 0.463 e. The molecular weight excluding hydrogens is 334 g/mol. The van der Waals surface area contributed by atoms with E-state index in [1.807, 2.05) is 0 Å². The summed E-state index contributed by atoms with van der Waals surface area (Å²) in [6.07, 6.45) is 1.86. The van der Waals surface area contributed by atoms with Crippen LogP contribution in [0.5, 0.6) is 0 Å². The van der Waals surface area contributed by atoms with Crippen molar-refractivity contribution < 1.29 is 19.1 Å². The van der Waals surface area contributed by atoms with Crippen LogP contribution in [-0.4, -0.2) is 49.4 Å². The number of carbonyl (C=O) groups excluding carboxylic acids is 2. The highest BCUT2D eigenvalue weighted by Crippen LogP contribution is 2.25. The highest BCUT2D eigenvalue weighted by atomic mass is 16.6. The number of primary amides is 1. The standard InChI is InChI=1S/C13H15N7O5/c1-6(21)24-5-7-2-3-9(25-7)20-13(23)11-10(16-18-20)12(15)17-19(11)4-8(14)22/h2-3,7,9H,4-5H2,1H3,(H2,14,22)(H2,15,17). The van der Waals surface area contributed by atoms with Crippen LogP contribution in [0.2, 0.25) is 0 Å². The van der Waals surface area contributed by atoms with Gasteiger partial charge in [-0.1, -0.05) is 5.21 Å². The van der Waals surface area contributed by atoms with Crippen molar-refractivity contribution >= 4 is 28.7 Å². The Morgan fingerprint density at radius 2 is 2.16 bits per heavy atom.